The van der Waals surface area contributed by atoms with Gasteiger partial charge in [-0.15, -0.1) is 0 Å². The molecule has 0 fully saturated rings. The summed E-state index contributed by atoms with van der Waals surface area (Å²) in [7, 11) is 0. The minimum absolute atomic E-state index is 0.0687. The quantitative estimate of drug-likeness (QED) is 0.311. The molecule has 0 saturated carbocycles. The summed E-state index contributed by atoms with van der Waals surface area (Å²) in [6.07, 6.45) is 5.92. The van der Waals surface area contributed by atoms with Gasteiger partial charge >= 0.3 is 5.97 Å². The lowest BCUT2D eigenvalue weighted by Crippen LogP contribution is -2.27. The summed E-state index contributed by atoms with van der Waals surface area (Å²) in [6.45, 7) is 3.80. The Hall–Kier alpha value is -4.60. The van der Waals surface area contributed by atoms with Crippen molar-refractivity contribution in [3.8, 4) is 0 Å². The summed E-state index contributed by atoms with van der Waals surface area (Å²) >= 11 is 0. The zero-order valence-corrected chi connectivity index (χ0v) is 19.2. The van der Waals surface area contributed by atoms with Crippen molar-refractivity contribution in [1.29, 1.82) is 0 Å². The zero-order valence-electron chi connectivity index (χ0n) is 19.2. The van der Waals surface area contributed by atoms with E-state index in [1.54, 1.807) is 43.6 Å². The van der Waals surface area contributed by atoms with E-state index in [1.807, 2.05) is 13.0 Å². The molecule has 0 aliphatic heterocycles. The number of carbonyl (C=O) groups excluding carboxylic acids is 3. The van der Waals surface area contributed by atoms with Crippen LogP contribution in [0.15, 0.2) is 59.9 Å². The Morgan fingerprint density at radius 2 is 1.94 bits per heavy atom. The largest absolute Gasteiger partial charge is 0.462 e. The van der Waals surface area contributed by atoms with Gasteiger partial charge in [0, 0.05) is 48.8 Å². The first-order valence-corrected chi connectivity index (χ1v) is 11.0. The fourth-order valence-corrected chi connectivity index (χ4v) is 3.66. The lowest BCUT2D eigenvalue weighted by Gasteiger charge is -2.12. The number of fused-ring (bicyclic) bond motifs is 3. The summed E-state index contributed by atoms with van der Waals surface area (Å²) in [5.74, 6) is -1.33. The van der Waals surface area contributed by atoms with Gasteiger partial charge in [-0.05, 0) is 49.1 Å². The Kier molecular flexibility index (Phi) is 6.81. The summed E-state index contributed by atoms with van der Waals surface area (Å²) in [4.78, 5) is 57.7. The van der Waals surface area contributed by atoms with Gasteiger partial charge in [0.1, 0.15) is 11.2 Å². The van der Waals surface area contributed by atoms with Crippen molar-refractivity contribution in [2.45, 2.75) is 20.3 Å². The van der Waals surface area contributed by atoms with E-state index in [0.29, 0.717) is 22.3 Å². The van der Waals surface area contributed by atoms with Crippen LogP contribution in [0.1, 0.15) is 39.6 Å². The number of nitrogens with zero attached hydrogens (tertiary/aromatic N) is 3. The number of anilines is 1. The zero-order chi connectivity index (χ0) is 24.9. The Balaban J connectivity index is 1.54. The van der Waals surface area contributed by atoms with Crippen molar-refractivity contribution in [2.24, 2.45) is 0 Å². The predicted octanol–water partition coefficient (Wildman–Crippen LogP) is 2.49. The molecule has 10 nitrogen and oxygen atoms in total. The van der Waals surface area contributed by atoms with E-state index in [1.165, 1.54) is 16.8 Å². The highest BCUT2D eigenvalue weighted by Crippen LogP contribution is 2.25. The number of benzene rings is 1. The molecule has 4 aromatic rings. The number of esters is 1. The van der Waals surface area contributed by atoms with E-state index in [-0.39, 0.29) is 37.0 Å². The number of aryl methyl sites for hydroxylation is 1. The molecule has 1 aromatic carbocycles. The molecule has 3 aromatic heterocycles. The van der Waals surface area contributed by atoms with Crippen LogP contribution in [0.25, 0.3) is 16.4 Å². The van der Waals surface area contributed by atoms with Crippen LogP contribution < -0.4 is 16.2 Å². The summed E-state index contributed by atoms with van der Waals surface area (Å²) in [5, 5.41) is 6.97. The van der Waals surface area contributed by atoms with Gasteiger partial charge in [0.05, 0.1) is 12.2 Å². The molecular formula is C25H23N5O5. The fraction of sp³-hybridized carbons (Fsp3) is 0.200. The first-order valence-electron chi connectivity index (χ1n) is 11.0. The number of pyridine rings is 2. The van der Waals surface area contributed by atoms with Crippen molar-refractivity contribution >= 4 is 39.9 Å². The molecule has 0 bridgehead atoms. The topological polar surface area (TPSA) is 132 Å². The Bertz CT molecular complexity index is 1500. The normalized spacial score (nSPS) is 10.8. The lowest BCUT2D eigenvalue weighted by molar-refractivity contribution is -0.116. The molecule has 3 heterocycles. The highest BCUT2D eigenvalue weighted by molar-refractivity contribution is 6.01. The minimum atomic E-state index is -0.728. The number of ether oxygens (including phenoxy) is 1. The van der Waals surface area contributed by atoms with Crippen LogP contribution in [0.2, 0.25) is 0 Å². The average molecular weight is 473 g/mol. The average Bonchev–Trinajstić information content (AvgIpc) is 2.85. The summed E-state index contributed by atoms with van der Waals surface area (Å²) in [5.41, 5.74) is 1.39. The number of hydrogen-bond acceptors (Lipinski definition) is 7. The molecule has 2 amide bonds. The molecule has 0 unspecified atom stereocenters. The smallest absolute Gasteiger partial charge is 0.345 e. The van der Waals surface area contributed by atoms with E-state index >= 15 is 0 Å². The van der Waals surface area contributed by atoms with Crippen LogP contribution in [0, 0.1) is 6.92 Å². The molecule has 0 saturated heterocycles. The van der Waals surface area contributed by atoms with Gasteiger partial charge in [0.2, 0.25) is 5.91 Å². The number of aromatic nitrogens is 3. The van der Waals surface area contributed by atoms with Gasteiger partial charge in [-0.1, -0.05) is 6.07 Å². The number of rotatable bonds is 7. The second-order valence-electron chi connectivity index (χ2n) is 7.76. The highest BCUT2D eigenvalue weighted by Gasteiger charge is 2.17. The minimum Gasteiger partial charge on any atom is -0.462 e. The molecule has 0 aliphatic carbocycles. The first kappa shape index (κ1) is 23.6. The number of hydrogen-bond donors (Lipinski definition) is 2. The maximum absolute atomic E-state index is 12.9. The summed E-state index contributed by atoms with van der Waals surface area (Å²) in [6, 6.07) is 8.60. The highest BCUT2D eigenvalue weighted by atomic mass is 16.5. The molecule has 178 valence electrons. The third-order valence-electron chi connectivity index (χ3n) is 5.34. The van der Waals surface area contributed by atoms with Crippen molar-refractivity contribution in [1.82, 2.24) is 19.7 Å². The van der Waals surface area contributed by atoms with E-state index in [0.717, 1.165) is 10.9 Å². The number of nitrogens with one attached hydrogen (secondary N) is 2. The Morgan fingerprint density at radius 1 is 1.11 bits per heavy atom. The number of carbonyl (C=O) groups is 3. The Morgan fingerprint density at radius 3 is 2.69 bits per heavy atom. The second kappa shape index (κ2) is 10.1. The van der Waals surface area contributed by atoms with Gasteiger partial charge in [-0.3, -0.25) is 23.8 Å². The molecule has 2 N–H and O–H groups in total. The molecule has 4 rings (SSSR count). The lowest BCUT2D eigenvalue weighted by atomic mass is 10.1. The van der Waals surface area contributed by atoms with E-state index in [2.05, 4.69) is 20.6 Å². The summed E-state index contributed by atoms with van der Waals surface area (Å²) < 4.78 is 6.25. The van der Waals surface area contributed by atoms with Gasteiger partial charge < -0.3 is 15.4 Å². The molecule has 0 atom stereocenters. The van der Waals surface area contributed by atoms with Crippen LogP contribution in [0.3, 0.4) is 0 Å². The molecule has 10 heteroatoms. The van der Waals surface area contributed by atoms with Crippen molar-refractivity contribution in [2.75, 3.05) is 18.5 Å². The van der Waals surface area contributed by atoms with Crippen molar-refractivity contribution in [3.05, 3.63) is 82.2 Å². The Labute approximate surface area is 200 Å². The maximum atomic E-state index is 12.9. The van der Waals surface area contributed by atoms with Crippen molar-refractivity contribution < 1.29 is 19.1 Å². The second-order valence-corrected chi connectivity index (χ2v) is 7.76. The van der Waals surface area contributed by atoms with Crippen LogP contribution in [0.5, 0.6) is 0 Å². The SMILES string of the molecule is CCOC(=O)c1cnc2c3cc(NC(=O)CCNC(=O)c4cccnc4)ccc3c(C)cn2c1=O. The third-order valence-corrected chi connectivity index (χ3v) is 5.34. The molecule has 35 heavy (non-hydrogen) atoms. The van der Waals surface area contributed by atoms with E-state index in [9.17, 15) is 19.2 Å². The molecule has 0 radical (unpaired) electrons. The van der Waals surface area contributed by atoms with Gasteiger partial charge in [0.15, 0.2) is 0 Å². The van der Waals surface area contributed by atoms with Crippen LogP contribution in [-0.4, -0.2) is 45.3 Å². The first-order chi connectivity index (χ1) is 16.9. The molecular weight excluding hydrogens is 450 g/mol. The van der Waals surface area contributed by atoms with Crippen molar-refractivity contribution in [3.63, 3.8) is 0 Å². The monoisotopic (exact) mass is 473 g/mol. The van der Waals surface area contributed by atoms with Crippen LogP contribution >= 0.6 is 0 Å². The van der Waals surface area contributed by atoms with E-state index in [4.69, 9.17) is 4.74 Å². The van der Waals surface area contributed by atoms with Gasteiger partial charge in [0.25, 0.3) is 11.5 Å². The molecule has 0 aliphatic rings. The van der Waals surface area contributed by atoms with Crippen LogP contribution in [0.4, 0.5) is 5.69 Å². The maximum Gasteiger partial charge on any atom is 0.345 e. The van der Waals surface area contributed by atoms with Gasteiger partial charge in [-0.2, -0.15) is 0 Å². The predicted molar refractivity (Wildman–Crippen MR) is 129 cm³/mol. The molecule has 0 spiro atoms. The van der Waals surface area contributed by atoms with E-state index < -0.39 is 11.5 Å². The standard InChI is InChI=1S/C25H23N5O5/c1-3-35-25(34)20-13-28-22-19-11-17(6-7-18(19)15(2)14-30(22)24(20)33)29-21(31)8-10-27-23(32)16-5-4-9-26-12-16/h4-7,9,11-14H,3,8,10H2,1-2H3,(H,27,32)(H,29,31). The number of amides is 2. The van der Waals surface area contributed by atoms with Crippen LogP contribution in [-0.2, 0) is 9.53 Å². The van der Waals surface area contributed by atoms with Gasteiger partial charge in [-0.25, -0.2) is 9.78 Å². The fourth-order valence-electron chi connectivity index (χ4n) is 3.66. The third kappa shape index (κ3) is 5.01.